The number of benzene rings is 1. The van der Waals surface area contributed by atoms with Crippen LogP contribution in [0.3, 0.4) is 0 Å². The van der Waals surface area contributed by atoms with Crippen molar-refractivity contribution in [3.05, 3.63) is 35.6 Å². The number of nitrogens with zero attached hydrogens (tertiary/aromatic N) is 3. The number of likely N-dealkylation sites (tertiary alicyclic amines) is 3. The van der Waals surface area contributed by atoms with E-state index < -0.39 is 17.2 Å². The summed E-state index contributed by atoms with van der Waals surface area (Å²) in [6.45, 7) is 9.14. The van der Waals surface area contributed by atoms with Crippen LogP contribution in [0.15, 0.2) is 24.3 Å². The van der Waals surface area contributed by atoms with Gasteiger partial charge in [-0.05, 0) is 64.7 Å². The SMILES string of the molecule is CC(C)(O)C(C)(C)OBC1CCCN1C(=O)[C@@H](N)CN1C[C@@H]2CC1C(=O)N2Cc1cccc(F)c1. The molecule has 2 unspecified atom stereocenters. The lowest BCUT2D eigenvalue weighted by Crippen LogP contribution is -2.57. The fourth-order valence-corrected chi connectivity index (χ4v) is 5.30. The van der Waals surface area contributed by atoms with Gasteiger partial charge in [-0.15, -0.1) is 0 Å². The first-order chi connectivity index (χ1) is 16.4. The first kappa shape index (κ1) is 26.1. The van der Waals surface area contributed by atoms with Gasteiger partial charge in [0.25, 0.3) is 7.48 Å². The standard InChI is InChI=1S/C25H38BFN4O4/c1-24(2,34)25(3,4)35-26-21-9-6-10-30(21)22(32)19(28)15-29-14-18-12-20(29)23(33)31(18)13-16-7-5-8-17(27)11-16/h5,7-8,11,18-21,26,34H,6,9-10,12-15,28H2,1-4H3/t18-,19-,20?,21?/m0/s1. The fraction of sp³-hybridized carbons (Fsp3) is 0.680. The molecule has 3 heterocycles. The van der Waals surface area contributed by atoms with Crippen LogP contribution in [0.4, 0.5) is 4.39 Å². The molecule has 10 heteroatoms. The second kappa shape index (κ2) is 9.80. The van der Waals surface area contributed by atoms with E-state index in [4.69, 9.17) is 10.4 Å². The normalized spacial score (nSPS) is 26.0. The van der Waals surface area contributed by atoms with Gasteiger partial charge in [-0.3, -0.25) is 14.5 Å². The molecule has 3 aliphatic rings. The Balaban J connectivity index is 1.31. The van der Waals surface area contributed by atoms with Gasteiger partial charge in [0.2, 0.25) is 11.8 Å². The lowest BCUT2D eigenvalue weighted by molar-refractivity contribution is -0.139. The number of rotatable bonds is 9. The van der Waals surface area contributed by atoms with Crippen LogP contribution in [0, 0.1) is 5.82 Å². The van der Waals surface area contributed by atoms with Crippen molar-refractivity contribution >= 4 is 19.3 Å². The summed E-state index contributed by atoms with van der Waals surface area (Å²) < 4.78 is 19.6. The lowest BCUT2D eigenvalue weighted by atomic mass is 9.81. The summed E-state index contributed by atoms with van der Waals surface area (Å²) in [6, 6.07) is 5.39. The van der Waals surface area contributed by atoms with E-state index in [1.54, 1.807) is 24.8 Å². The number of carbonyl (C=O) groups is 2. The number of fused-ring (bicyclic) bond motifs is 2. The maximum absolute atomic E-state index is 13.5. The molecule has 2 bridgehead atoms. The Bertz CT molecular complexity index is 956. The predicted molar refractivity (Wildman–Crippen MR) is 132 cm³/mol. The summed E-state index contributed by atoms with van der Waals surface area (Å²) in [6.07, 6.45) is 2.43. The molecule has 3 saturated heterocycles. The third kappa shape index (κ3) is 5.40. The van der Waals surface area contributed by atoms with Crippen molar-refractivity contribution in [3.8, 4) is 0 Å². The van der Waals surface area contributed by atoms with Crippen LogP contribution in [0.1, 0.15) is 52.5 Å². The van der Waals surface area contributed by atoms with E-state index in [1.807, 2.05) is 29.7 Å². The van der Waals surface area contributed by atoms with Gasteiger partial charge in [0.1, 0.15) is 5.82 Å². The Hall–Kier alpha value is -2.01. The minimum atomic E-state index is -1.01. The van der Waals surface area contributed by atoms with Crippen LogP contribution in [-0.2, 0) is 20.8 Å². The third-order valence-electron chi connectivity index (χ3n) is 8.15. The number of carbonyl (C=O) groups excluding carboxylic acids is 2. The molecule has 0 radical (unpaired) electrons. The number of hydrogen-bond acceptors (Lipinski definition) is 6. The van der Waals surface area contributed by atoms with Gasteiger partial charge in [-0.2, -0.15) is 0 Å². The molecule has 0 aliphatic carbocycles. The Kier molecular flexibility index (Phi) is 7.30. The summed E-state index contributed by atoms with van der Waals surface area (Å²) in [4.78, 5) is 31.9. The molecular formula is C25H38BFN4O4. The molecule has 8 nitrogen and oxygen atoms in total. The van der Waals surface area contributed by atoms with Crippen molar-refractivity contribution in [1.82, 2.24) is 14.7 Å². The zero-order valence-electron chi connectivity index (χ0n) is 21.2. The molecule has 0 spiro atoms. The van der Waals surface area contributed by atoms with Crippen LogP contribution in [-0.4, -0.2) is 94.0 Å². The average molecular weight is 488 g/mol. The first-order valence-electron chi connectivity index (χ1n) is 12.6. The van der Waals surface area contributed by atoms with Gasteiger partial charge in [0.15, 0.2) is 0 Å². The quantitative estimate of drug-likeness (QED) is 0.499. The van der Waals surface area contributed by atoms with Crippen molar-refractivity contribution in [1.29, 1.82) is 0 Å². The van der Waals surface area contributed by atoms with E-state index >= 15 is 0 Å². The Morgan fingerprint density at radius 3 is 2.74 bits per heavy atom. The van der Waals surface area contributed by atoms with Crippen LogP contribution in [0.2, 0.25) is 0 Å². The van der Waals surface area contributed by atoms with Gasteiger partial charge in [0, 0.05) is 38.2 Å². The predicted octanol–water partition coefficient (Wildman–Crippen LogP) is 0.804. The smallest absolute Gasteiger partial charge is 0.298 e. The largest absolute Gasteiger partial charge is 0.430 e. The molecule has 1 aromatic rings. The second-order valence-electron chi connectivity index (χ2n) is 11.3. The number of amides is 2. The van der Waals surface area contributed by atoms with E-state index in [0.29, 0.717) is 40.1 Å². The number of nitrogens with two attached hydrogens (primary N) is 1. The summed E-state index contributed by atoms with van der Waals surface area (Å²) in [7, 11) is 0.345. The van der Waals surface area contributed by atoms with Crippen LogP contribution >= 0.6 is 0 Å². The molecular weight excluding hydrogens is 450 g/mol. The van der Waals surface area contributed by atoms with Gasteiger partial charge >= 0.3 is 0 Å². The number of hydrogen-bond donors (Lipinski definition) is 2. The number of piperazine rings is 1. The first-order valence-corrected chi connectivity index (χ1v) is 12.6. The van der Waals surface area contributed by atoms with E-state index in [2.05, 4.69) is 0 Å². The van der Waals surface area contributed by atoms with E-state index in [1.165, 1.54) is 12.1 Å². The highest BCUT2D eigenvalue weighted by atomic mass is 19.1. The number of halogens is 1. The summed E-state index contributed by atoms with van der Waals surface area (Å²) >= 11 is 0. The fourth-order valence-electron chi connectivity index (χ4n) is 5.30. The average Bonchev–Trinajstić information content (AvgIpc) is 3.47. The molecule has 2 amide bonds. The molecule has 0 saturated carbocycles. The van der Waals surface area contributed by atoms with Crippen molar-refractivity contribution in [2.24, 2.45) is 5.73 Å². The van der Waals surface area contributed by atoms with E-state index in [-0.39, 0.29) is 35.7 Å². The van der Waals surface area contributed by atoms with Gasteiger partial charge in [0.05, 0.1) is 23.3 Å². The molecule has 1 aromatic carbocycles. The molecule has 192 valence electrons. The highest BCUT2D eigenvalue weighted by molar-refractivity contribution is 6.30. The Morgan fingerprint density at radius 2 is 2.09 bits per heavy atom. The Morgan fingerprint density at radius 1 is 1.34 bits per heavy atom. The summed E-state index contributed by atoms with van der Waals surface area (Å²) in [5, 5.41) is 10.3. The van der Waals surface area contributed by atoms with Crippen LogP contribution in [0.25, 0.3) is 0 Å². The molecule has 35 heavy (non-hydrogen) atoms. The molecule has 4 rings (SSSR count). The van der Waals surface area contributed by atoms with Crippen molar-refractivity contribution < 1.29 is 23.7 Å². The van der Waals surface area contributed by atoms with Crippen LogP contribution < -0.4 is 5.73 Å². The number of aliphatic hydroxyl groups is 1. The molecule has 3 fully saturated rings. The van der Waals surface area contributed by atoms with Crippen molar-refractivity contribution in [3.63, 3.8) is 0 Å². The van der Waals surface area contributed by atoms with E-state index in [0.717, 1.165) is 18.4 Å². The van der Waals surface area contributed by atoms with E-state index in [9.17, 15) is 19.1 Å². The zero-order chi connectivity index (χ0) is 25.5. The highest BCUT2D eigenvalue weighted by Gasteiger charge is 2.50. The van der Waals surface area contributed by atoms with Gasteiger partial charge in [-0.1, -0.05) is 12.1 Å². The van der Waals surface area contributed by atoms with Crippen molar-refractivity contribution in [2.45, 2.75) is 88.8 Å². The maximum Gasteiger partial charge on any atom is 0.298 e. The van der Waals surface area contributed by atoms with Crippen molar-refractivity contribution in [2.75, 3.05) is 19.6 Å². The molecule has 0 aromatic heterocycles. The topological polar surface area (TPSA) is 99.3 Å². The minimum Gasteiger partial charge on any atom is -0.430 e. The maximum atomic E-state index is 13.5. The Labute approximate surface area is 207 Å². The second-order valence-corrected chi connectivity index (χ2v) is 11.3. The minimum absolute atomic E-state index is 0.0199. The molecule has 3 N–H and O–H groups in total. The summed E-state index contributed by atoms with van der Waals surface area (Å²) in [5.74, 6) is -0.483. The third-order valence-corrected chi connectivity index (χ3v) is 8.15. The molecule has 4 atom stereocenters. The summed E-state index contributed by atoms with van der Waals surface area (Å²) in [5.41, 5.74) is 5.38. The highest BCUT2D eigenvalue weighted by Crippen LogP contribution is 2.33. The van der Waals surface area contributed by atoms with Gasteiger partial charge < -0.3 is 25.3 Å². The zero-order valence-corrected chi connectivity index (χ0v) is 21.2. The van der Waals surface area contributed by atoms with Gasteiger partial charge in [-0.25, -0.2) is 4.39 Å². The lowest BCUT2D eigenvalue weighted by Gasteiger charge is -2.39. The molecule has 3 aliphatic heterocycles. The monoisotopic (exact) mass is 488 g/mol. The van der Waals surface area contributed by atoms with Crippen LogP contribution in [0.5, 0.6) is 0 Å².